The van der Waals surface area contributed by atoms with Crippen molar-refractivity contribution in [2.24, 2.45) is 0 Å². The number of hydrogen-bond acceptors (Lipinski definition) is 7. The Labute approximate surface area is 152 Å². The topological polar surface area (TPSA) is 119 Å². The molecule has 4 rings (SSSR count). The summed E-state index contributed by atoms with van der Waals surface area (Å²) >= 11 is 0. The van der Waals surface area contributed by atoms with Crippen LogP contribution in [0.2, 0.25) is 0 Å². The van der Waals surface area contributed by atoms with Crippen molar-refractivity contribution in [3.05, 3.63) is 29.5 Å². The molecule has 10 heteroatoms. The van der Waals surface area contributed by atoms with E-state index in [1.165, 1.54) is 4.31 Å². The largest absolute Gasteiger partial charge is 0.383 e. The molecule has 2 aliphatic heterocycles. The molecule has 0 bridgehead atoms. The van der Waals surface area contributed by atoms with Crippen molar-refractivity contribution in [1.82, 2.24) is 29.4 Å². The Morgan fingerprint density at radius 3 is 2.77 bits per heavy atom. The molecule has 3 N–H and O–H groups in total. The third-order valence-corrected chi connectivity index (χ3v) is 7.03. The van der Waals surface area contributed by atoms with Gasteiger partial charge in [0.25, 0.3) is 0 Å². The molecule has 0 atom stereocenters. The maximum absolute atomic E-state index is 13.0. The summed E-state index contributed by atoms with van der Waals surface area (Å²) in [5, 5.41) is 11.9. The first-order valence-electron chi connectivity index (χ1n) is 8.82. The molecule has 0 radical (unpaired) electrons. The third kappa shape index (κ3) is 2.97. The maximum atomic E-state index is 13.0. The fraction of sp³-hybridized carbons (Fsp3) is 0.562. The lowest BCUT2D eigenvalue weighted by Gasteiger charge is -2.31. The first-order valence-corrected chi connectivity index (χ1v) is 10.3. The van der Waals surface area contributed by atoms with Gasteiger partial charge in [-0.15, -0.1) is 10.2 Å². The summed E-state index contributed by atoms with van der Waals surface area (Å²) < 4.78 is 29.6. The molecular formula is C16H23N7O2S. The number of aromatic nitrogens is 4. The van der Waals surface area contributed by atoms with Crippen molar-refractivity contribution >= 4 is 15.8 Å². The van der Waals surface area contributed by atoms with Gasteiger partial charge in [-0.2, -0.15) is 4.31 Å². The van der Waals surface area contributed by atoms with Gasteiger partial charge >= 0.3 is 0 Å². The zero-order valence-corrected chi connectivity index (χ0v) is 15.5. The van der Waals surface area contributed by atoms with Gasteiger partial charge in [-0.05, 0) is 31.4 Å². The van der Waals surface area contributed by atoms with Crippen molar-refractivity contribution in [3.8, 4) is 0 Å². The SMILES string of the molecule is Cc1cnc(N)c(S(=O)(=O)N2CCC(c3nnc4n3CCNC4)CC2)c1. The standard InChI is InChI=1S/C16H23N7O2S/c1-11-8-13(15(17)19-9-11)26(24,25)22-5-2-12(3-6-22)16-21-20-14-10-18-4-7-23(14)16/h8-9,12,18H,2-7,10H2,1H3,(H2,17,19). The van der Waals surface area contributed by atoms with E-state index in [4.69, 9.17) is 5.73 Å². The molecule has 0 unspecified atom stereocenters. The summed E-state index contributed by atoms with van der Waals surface area (Å²) in [5.41, 5.74) is 6.59. The van der Waals surface area contributed by atoms with Gasteiger partial charge in [0.15, 0.2) is 0 Å². The van der Waals surface area contributed by atoms with Gasteiger partial charge in [0, 0.05) is 38.3 Å². The van der Waals surface area contributed by atoms with E-state index in [1.54, 1.807) is 19.2 Å². The molecule has 2 aliphatic rings. The van der Waals surface area contributed by atoms with Gasteiger partial charge in [-0.3, -0.25) is 0 Å². The van der Waals surface area contributed by atoms with Crippen molar-refractivity contribution in [1.29, 1.82) is 0 Å². The number of pyridine rings is 1. The summed E-state index contributed by atoms with van der Waals surface area (Å²) in [4.78, 5) is 4.09. The number of hydrogen-bond donors (Lipinski definition) is 2. The number of piperidine rings is 1. The number of nitrogens with one attached hydrogen (secondary N) is 1. The Balaban J connectivity index is 1.51. The van der Waals surface area contributed by atoms with Gasteiger partial charge in [-0.1, -0.05) is 0 Å². The van der Waals surface area contributed by atoms with Crippen LogP contribution in [0.5, 0.6) is 0 Å². The smallest absolute Gasteiger partial charge is 0.246 e. The van der Waals surface area contributed by atoms with Crippen LogP contribution in [0.3, 0.4) is 0 Å². The average molecular weight is 377 g/mol. The molecule has 0 amide bonds. The number of sulfonamides is 1. The monoisotopic (exact) mass is 377 g/mol. The second kappa shape index (κ2) is 6.60. The fourth-order valence-electron chi connectivity index (χ4n) is 3.67. The Morgan fingerprint density at radius 2 is 2.00 bits per heavy atom. The number of nitrogen functional groups attached to an aromatic ring is 1. The van der Waals surface area contributed by atoms with Crippen LogP contribution in [0, 0.1) is 6.92 Å². The Morgan fingerprint density at radius 1 is 1.23 bits per heavy atom. The number of fused-ring (bicyclic) bond motifs is 1. The second-order valence-corrected chi connectivity index (χ2v) is 8.78. The van der Waals surface area contributed by atoms with Crippen LogP contribution >= 0.6 is 0 Å². The highest BCUT2D eigenvalue weighted by Crippen LogP contribution is 2.31. The van der Waals surface area contributed by atoms with E-state index in [1.807, 2.05) is 0 Å². The number of anilines is 1. The van der Waals surface area contributed by atoms with Crippen LogP contribution in [-0.4, -0.2) is 52.1 Å². The number of rotatable bonds is 3. The van der Waals surface area contributed by atoms with Crippen LogP contribution in [0.4, 0.5) is 5.82 Å². The lowest BCUT2D eigenvalue weighted by Crippen LogP contribution is -2.39. The van der Waals surface area contributed by atoms with Gasteiger partial charge in [0.05, 0.1) is 6.54 Å². The molecule has 1 fully saturated rings. The van der Waals surface area contributed by atoms with E-state index in [0.29, 0.717) is 13.1 Å². The highest BCUT2D eigenvalue weighted by Gasteiger charge is 2.33. The molecule has 26 heavy (non-hydrogen) atoms. The predicted octanol–water partition coefficient (Wildman–Crippen LogP) is 0.235. The molecule has 4 heterocycles. The lowest BCUT2D eigenvalue weighted by molar-refractivity contribution is 0.307. The molecule has 140 valence electrons. The lowest BCUT2D eigenvalue weighted by atomic mass is 9.97. The third-order valence-electron chi connectivity index (χ3n) is 5.11. The van der Waals surface area contributed by atoms with E-state index < -0.39 is 10.0 Å². The summed E-state index contributed by atoms with van der Waals surface area (Å²) in [5.74, 6) is 2.22. The Bertz CT molecular complexity index is 917. The van der Waals surface area contributed by atoms with E-state index in [-0.39, 0.29) is 16.6 Å². The fourth-order valence-corrected chi connectivity index (χ4v) is 5.29. The Kier molecular flexibility index (Phi) is 4.41. The average Bonchev–Trinajstić information content (AvgIpc) is 3.08. The summed E-state index contributed by atoms with van der Waals surface area (Å²) in [7, 11) is -3.63. The summed E-state index contributed by atoms with van der Waals surface area (Å²) in [6.45, 7) is 5.20. The van der Waals surface area contributed by atoms with E-state index >= 15 is 0 Å². The molecule has 0 aliphatic carbocycles. The summed E-state index contributed by atoms with van der Waals surface area (Å²) in [6.07, 6.45) is 3.03. The molecule has 0 aromatic carbocycles. The Hall–Kier alpha value is -2.04. The predicted molar refractivity (Wildman–Crippen MR) is 95.8 cm³/mol. The first-order chi connectivity index (χ1) is 12.5. The van der Waals surface area contributed by atoms with E-state index in [2.05, 4.69) is 25.1 Å². The highest BCUT2D eigenvalue weighted by atomic mass is 32.2. The first kappa shape index (κ1) is 17.4. The van der Waals surface area contributed by atoms with Crippen molar-refractivity contribution < 1.29 is 8.42 Å². The number of nitrogens with two attached hydrogens (primary N) is 1. The van der Waals surface area contributed by atoms with Crippen LogP contribution in [0.15, 0.2) is 17.2 Å². The zero-order chi connectivity index (χ0) is 18.3. The van der Waals surface area contributed by atoms with Gasteiger partial charge in [-0.25, -0.2) is 13.4 Å². The second-order valence-electron chi connectivity index (χ2n) is 6.88. The van der Waals surface area contributed by atoms with Gasteiger partial charge < -0.3 is 15.6 Å². The zero-order valence-electron chi connectivity index (χ0n) is 14.7. The minimum absolute atomic E-state index is 0.0525. The van der Waals surface area contributed by atoms with Crippen molar-refractivity contribution in [3.63, 3.8) is 0 Å². The van der Waals surface area contributed by atoms with E-state index in [9.17, 15) is 8.42 Å². The summed E-state index contributed by atoms with van der Waals surface area (Å²) in [6, 6.07) is 1.59. The van der Waals surface area contributed by atoms with Crippen molar-refractivity contribution in [2.45, 2.75) is 43.7 Å². The molecule has 1 saturated heterocycles. The van der Waals surface area contributed by atoms with Crippen LogP contribution in [0.25, 0.3) is 0 Å². The molecule has 2 aromatic heterocycles. The van der Waals surface area contributed by atoms with Crippen LogP contribution in [0.1, 0.15) is 36.0 Å². The molecule has 2 aromatic rings. The number of aryl methyl sites for hydroxylation is 1. The normalized spacial score (nSPS) is 19.4. The maximum Gasteiger partial charge on any atom is 0.246 e. The molecule has 0 spiro atoms. The molecule has 0 saturated carbocycles. The van der Waals surface area contributed by atoms with Crippen LogP contribution in [-0.2, 0) is 23.1 Å². The minimum Gasteiger partial charge on any atom is -0.383 e. The quantitative estimate of drug-likeness (QED) is 0.786. The van der Waals surface area contributed by atoms with E-state index in [0.717, 1.165) is 49.7 Å². The number of nitrogens with zero attached hydrogens (tertiary/aromatic N) is 5. The van der Waals surface area contributed by atoms with Crippen molar-refractivity contribution in [2.75, 3.05) is 25.4 Å². The highest BCUT2D eigenvalue weighted by molar-refractivity contribution is 7.89. The molecular weight excluding hydrogens is 354 g/mol. The van der Waals surface area contributed by atoms with Gasteiger partial charge in [0.2, 0.25) is 10.0 Å². The van der Waals surface area contributed by atoms with Crippen LogP contribution < -0.4 is 11.1 Å². The van der Waals surface area contributed by atoms with Gasteiger partial charge in [0.1, 0.15) is 22.4 Å². The minimum atomic E-state index is -3.63. The molecule has 9 nitrogen and oxygen atoms in total.